The number of rotatable bonds is 4. The minimum atomic E-state index is -0.779. The Morgan fingerprint density at radius 2 is 2.03 bits per heavy atom. The van der Waals surface area contributed by atoms with Crippen molar-refractivity contribution in [2.24, 2.45) is 0 Å². The van der Waals surface area contributed by atoms with Crippen LogP contribution in [0.4, 0.5) is 8.78 Å². The molecule has 0 aliphatic carbocycles. The SMILES string of the molecule is COc1c2n(cc(C(=O)NNC(=S)Cc3ccc(F)cc3F)c1=O)[C@H]1CCCCN(C1)C2=O. The molecule has 0 saturated carbocycles. The van der Waals surface area contributed by atoms with E-state index in [9.17, 15) is 23.2 Å². The van der Waals surface area contributed by atoms with Crippen molar-refractivity contribution in [1.29, 1.82) is 0 Å². The van der Waals surface area contributed by atoms with E-state index in [1.807, 2.05) is 0 Å². The van der Waals surface area contributed by atoms with Crippen molar-refractivity contribution in [1.82, 2.24) is 20.3 Å². The Hall–Kier alpha value is -3.34. The standard InChI is InChI=1S/C22H22F2N4O4S/c1-32-20-18-22(31)27-7-3-2-4-14(10-27)28(18)11-15(19(20)29)21(30)26-25-17(33)8-12-5-6-13(23)9-16(12)24/h5-6,9,11,14H,2-4,7-8,10H2,1H3,(H,25,33)(H,26,30)/t14-/m0/s1. The van der Waals surface area contributed by atoms with Gasteiger partial charge >= 0.3 is 0 Å². The van der Waals surface area contributed by atoms with Gasteiger partial charge in [0.2, 0.25) is 5.43 Å². The van der Waals surface area contributed by atoms with Crippen molar-refractivity contribution in [3.05, 3.63) is 63.1 Å². The molecule has 0 radical (unpaired) electrons. The average molecular weight is 477 g/mol. The van der Waals surface area contributed by atoms with Crippen LogP contribution in [0.3, 0.4) is 0 Å². The highest BCUT2D eigenvalue weighted by atomic mass is 32.1. The number of hydrazine groups is 1. The Kier molecular flexibility index (Phi) is 6.41. The van der Waals surface area contributed by atoms with Crippen molar-refractivity contribution in [3.63, 3.8) is 0 Å². The summed E-state index contributed by atoms with van der Waals surface area (Å²) in [6.45, 7) is 1.12. The molecule has 33 heavy (non-hydrogen) atoms. The molecule has 1 saturated heterocycles. The molecule has 8 nitrogen and oxygen atoms in total. The van der Waals surface area contributed by atoms with Crippen LogP contribution < -0.4 is 21.0 Å². The predicted octanol–water partition coefficient (Wildman–Crippen LogP) is 2.12. The zero-order chi connectivity index (χ0) is 23.7. The fraction of sp³-hybridized carbons (Fsp3) is 0.364. The Morgan fingerprint density at radius 1 is 1.24 bits per heavy atom. The lowest BCUT2D eigenvalue weighted by Gasteiger charge is -2.34. The van der Waals surface area contributed by atoms with Gasteiger partial charge in [-0.3, -0.25) is 25.2 Å². The molecule has 4 rings (SSSR count). The maximum Gasteiger partial charge on any atom is 0.275 e. The third-order valence-electron chi connectivity index (χ3n) is 5.85. The normalized spacial score (nSPS) is 17.1. The van der Waals surface area contributed by atoms with Gasteiger partial charge in [0.05, 0.1) is 18.1 Å². The summed E-state index contributed by atoms with van der Waals surface area (Å²) in [5.41, 5.74) is 4.18. The molecule has 1 atom stereocenters. The first-order valence-corrected chi connectivity index (χ1v) is 10.9. The van der Waals surface area contributed by atoms with Gasteiger partial charge in [-0.1, -0.05) is 18.3 Å². The number of nitrogens with one attached hydrogen (secondary N) is 2. The molecule has 2 aliphatic heterocycles. The Balaban J connectivity index is 1.56. The van der Waals surface area contributed by atoms with E-state index in [4.69, 9.17) is 17.0 Å². The maximum atomic E-state index is 13.8. The molecule has 1 aromatic heterocycles. The number of aromatic nitrogens is 1. The van der Waals surface area contributed by atoms with Crippen LogP contribution in [-0.2, 0) is 6.42 Å². The molecular weight excluding hydrogens is 454 g/mol. The lowest BCUT2D eigenvalue weighted by molar-refractivity contribution is 0.0676. The molecule has 1 fully saturated rings. The fourth-order valence-electron chi connectivity index (χ4n) is 4.21. The topological polar surface area (TPSA) is 92.7 Å². The molecular formula is C22H22F2N4O4S. The van der Waals surface area contributed by atoms with E-state index in [0.29, 0.717) is 13.1 Å². The number of hydrogen-bond acceptors (Lipinski definition) is 5. The number of pyridine rings is 1. The Bertz CT molecular complexity index is 1200. The molecule has 2 N–H and O–H groups in total. The van der Waals surface area contributed by atoms with Gasteiger partial charge in [-0.05, 0) is 30.9 Å². The number of halogens is 2. The van der Waals surface area contributed by atoms with Crippen LogP contribution in [0.1, 0.15) is 51.7 Å². The van der Waals surface area contributed by atoms with Gasteiger partial charge in [0.25, 0.3) is 11.8 Å². The van der Waals surface area contributed by atoms with E-state index in [1.54, 1.807) is 9.47 Å². The number of hydrogen-bond donors (Lipinski definition) is 2. The minimum Gasteiger partial charge on any atom is -0.491 e. The smallest absolute Gasteiger partial charge is 0.275 e. The predicted molar refractivity (Wildman–Crippen MR) is 119 cm³/mol. The Morgan fingerprint density at radius 3 is 2.76 bits per heavy atom. The van der Waals surface area contributed by atoms with E-state index >= 15 is 0 Å². The lowest BCUT2D eigenvalue weighted by atomic mass is 10.1. The number of thiocarbonyl (C=S) groups is 1. The highest BCUT2D eigenvalue weighted by molar-refractivity contribution is 7.80. The van der Waals surface area contributed by atoms with Crippen LogP contribution in [0, 0.1) is 11.6 Å². The molecule has 3 heterocycles. The zero-order valence-electron chi connectivity index (χ0n) is 17.8. The van der Waals surface area contributed by atoms with Crippen LogP contribution in [0.25, 0.3) is 0 Å². The molecule has 0 spiro atoms. The first-order chi connectivity index (χ1) is 15.8. The molecule has 0 unspecified atom stereocenters. The van der Waals surface area contributed by atoms with Crippen molar-refractivity contribution in [2.45, 2.75) is 31.7 Å². The molecule has 1 aromatic carbocycles. The van der Waals surface area contributed by atoms with E-state index in [0.717, 1.165) is 31.4 Å². The number of ether oxygens (including phenoxy) is 1. The molecule has 2 aromatic rings. The lowest BCUT2D eigenvalue weighted by Crippen LogP contribution is -2.46. The summed E-state index contributed by atoms with van der Waals surface area (Å²) in [4.78, 5) is 40.5. The van der Waals surface area contributed by atoms with Crippen LogP contribution >= 0.6 is 12.2 Å². The van der Waals surface area contributed by atoms with Gasteiger partial charge in [-0.25, -0.2) is 8.78 Å². The second-order valence-corrected chi connectivity index (χ2v) is 8.47. The minimum absolute atomic E-state index is 0.0634. The third-order valence-corrected chi connectivity index (χ3v) is 6.10. The average Bonchev–Trinajstić information content (AvgIpc) is 3.01. The van der Waals surface area contributed by atoms with E-state index < -0.39 is 23.0 Å². The highest BCUT2D eigenvalue weighted by Crippen LogP contribution is 2.32. The quantitative estimate of drug-likeness (QED) is 0.519. The molecule has 174 valence electrons. The van der Waals surface area contributed by atoms with Gasteiger partial charge in [-0.2, -0.15) is 0 Å². The third kappa shape index (κ3) is 4.45. The van der Waals surface area contributed by atoms with Gasteiger partial charge in [0.1, 0.15) is 17.2 Å². The molecule has 2 aliphatic rings. The monoisotopic (exact) mass is 476 g/mol. The second kappa shape index (κ2) is 9.26. The maximum absolute atomic E-state index is 13.8. The summed E-state index contributed by atoms with van der Waals surface area (Å²) in [5.74, 6) is -2.72. The van der Waals surface area contributed by atoms with Crippen molar-refractivity contribution in [3.8, 4) is 5.75 Å². The van der Waals surface area contributed by atoms with Gasteiger partial charge in [0, 0.05) is 31.8 Å². The highest BCUT2D eigenvalue weighted by Gasteiger charge is 2.36. The second-order valence-electron chi connectivity index (χ2n) is 7.98. The number of amides is 2. The number of carbonyl (C=O) groups excluding carboxylic acids is 2. The molecule has 11 heteroatoms. The summed E-state index contributed by atoms with van der Waals surface area (Å²) in [7, 11) is 1.28. The largest absolute Gasteiger partial charge is 0.491 e. The Labute approximate surface area is 193 Å². The number of benzene rings is 1. The summed E-state index contributed by atoms with van der Waals surface area (Å²) < 4.78 is 33.8. The van der Waals surface area contributed by atoms with Crippen LogP contribution in [0.15, 0.2) is 29.2 Å². The van der Waals surface area contributed by atoms with Gasteiger partial charge in [-0.15, -0.1) is 0 Å². The van der Waals surface area contributed by atoms with Crippen molar-refractivity contribution < 1.29 is 23.1 Å². The van der Waals surface area contributed by atoms with Gasteiger partial charge < -0.3 is 14.2 Å². The number of fused-ring (bicyclic) bond motifs is 4. The molecule has 2 amide bonds. The van der Waals surface area contributed by atoms with E-state index in [2.05, 4.69) is 10.9 Å². The summed E-state index contributed by atoms with van der Waals surface area (Å²) in [5, 5.41) is 0. The van der Waals surface area contributed by atoms with Crippen molar-refractivity contribution >= 4 is 29.0 Å². The summed E-state index contributed by atoms with van der Waals surface area (Å²) in [6.07, 6.45) is 3.88. The van der Waals surface area contributed by atoms with E-state index in [-0.39, 0.29) is 45.9 Å². The molecule has 2 bridgehead atoms. The number of carbonyl (C=O) groups is 2. The first-order valence-electron chi connectivity index (χ1n) is 10.5. The van der Waals surface area contributed by atoms with Crippen LogP contribution in [0.5, 0.6) is 5.75 Å². The first kappa shape index (κ1) is 22.8. The fourth-order valence-corrected chi connectivity index (χ4v) is 4.42. The van der Waals surface area contributed by atoms with Gasteiger partial charge in [0.15, 0.2) is 11.4 Å². The van der Waals surface area contributed by atoms with E-state index in [1.165, 1.54) is 19.4 Å². The number of methoxy groups -OCH3 is 1. The number of nitrogens with zero attached hydrogens (tertiary/aromatic N) is 2. The zero-order valence-corrected chi connectivity index (χ0v) is 18.6. The van der Waals surface area contributed by atoms with Crippen molar-refractivity contribution in [2.75, 3.05) is 20.2 Å². The summed E-state index contributed by atoms with van der Waals surface area (Å²) in [6, 6.07) is 3.04. The van der Waals surface area contributed by atoms with Crippen LogP contribution in [-0.4, -0.2) is 46.5 Å². The van der Waals surface area contributed by atoms with Crippen LogP contribution in [0.2, 0.25) is 0 Å². The summed E-state index contributed by atoms with van der Waals surface area (Å²) >= 11 is 5.12.